The second-order valence-corrected chi connectivity index (χ2v) is 3.85. The minimum atomic E-state index is -0.756. The molecule has 5 heteroatoms. The Morgan fingerprint density at radius 1 is 1.53 bits per heavy atom. The van der Waals surface area contributed by atoms with Crippen LogP contribution in [-0.4, -0.2) is 10.9 Å². The van der Waals surface area contributed by atoms with Gasteiger partial charge in [-0.05, 0) is 18.2 Å². The molecule has 0 spiro atoms. The van der Waals surface area contributed by atoms with E-state index in [2.05, 4.69) is 4.98 Å². The van der Waals surface area contributed by atoms with Crippen molar-refractivity contribution in [3.05, 3.63) is 40.6 Å². The Balaban J connectivity index is 2.66. The highest BCUT2D eigenvalue weighted by Crippen LogP contribution is 2.27. The average molecular weight is 246 g/mol. The number of nitrogens with zero attached hydrogens (tertiary/aromatic N) is 1. The molecule has 0 aliphatic rings. The summed E-state index contributed by atoms with van der Waals surface area (Å²) in [6, 6.07) is 7.16. The lowest BCUT2D eigenvalue weighted by atomic mass is 10.1. The second kappa shape index (κ2) is 4.32. The van der Waals surface area contributed by atoms with E-state index in [1.54, 1.807) is 18.3 Å². The number of aromatic amines is 1. The van der Waals surface area contributed by atoms with Crippen LogP contribution in [0.15, 0.2) is 30.0 Å². The van der Waals surface area contributed by atoms with Gasteiger partial charge in [-0.25, -0.2) is 0 Å². The predicted octanol–water partition coefficient (Wildman–Crippen LogP) is 2.21. The maximum atomic E-state index is 11.0. The van der Waals surface area contributed by atoms with Crippen LogP contribution >= 0.6 is 11.6 Å². The number of hydrogen-bond acceptors (Lipinski definition) is 2. The first-order chi connectivity index (χ1) is 8.13. The van der Waals surface area contributed by atoms with E-state index in [1.165, 1.54) is 6.08 Å². The van der Waals surface area contributed by atoms with Crippen molar-refractivity contribution < 1.29 is 4.79 Å². The minimum Gasteiger partial charge on any atom is -0.365 e. The third-order valence-corrected chi connectivity index (χ3v) is 2.69. The van der Waals surface area contributed by atoms with Gasteiger partial charge in [0.25, 0.3) is 5.91 Å². The Bertz CT molecular complexity index is 664. The Morgan fingerprint density at radius 3 is 2.94 bits per heavy atom. The van der Waals surface area contributed by atoms with Crippen LogP contribution in [0.2, 0.25) is 5.02 Å². The van der Waals surface area contributed by atoms with Crippen LogP contribution in [0.3, 0.4) is 0 Å². The molecule has 0 aliphatic carbocycles. The molecule has 17 heavy (non-hydrogen) atoms. The zero-order valence-corrected chi connectivity index (χ0v) is 9.45. The van der Waals surface area contributed by atoms with Crippen molar-refractivity contribution in [2.75, 3.05) is 0 Å². The number of benzene rings is 1. The Kier molecular flexibility index (Phi) is 2.86. The second-order valence-electron chi connectivity index (χ2n) is 3.44. The number of carbonyl (C=O) groups is 1. The summed E-state index contributed by atoms with van der Waals surface area (Å²) >= 11 is 6.06. The summed E-state index contributed by atoms with van der Waals surface area (Å²) in [5.74, 6) is -0.756. The molecule has 84 valence electrons. The van der Waals surface area contributed by atoms with Crippen LogP contribution in [0.1, 0.15) is 5.56 Å². The van der Waals surface area contributed by atoms with Crippen LogP contribution in [0, 0.1) is 11.3 Å². The fourth-order valence-corrected chi connectivity index (χ4v) is 1.88. The molecule has 0 saturated carbocycles. The zero-order valence-electron chi connectivity index (χ0n) is 8.70. The Morgan fingerprint density at radius 2 is 2.29 bits per heavy atom. The molecule has 1 aromatic heterocycles. The van der Waals surface area contributed by atoms with Crippen molar-refractivity contribution >= 4 is 34.5 Å². The van der Waals surface area contributed by atoms with Gasteiger partial charge in [-0.3, -0.25) is 4.79 Å². The summed E-state index contributed by atoms with van der Waals surface area (Å²) < 4.78 is 0. The molecular weight excluding hydrogens is 238 g/mol. The maximum Gasteiger partial charge on any atom is 0.259 e. The van der Waals surface area contributed by atoms with E-state index < -0.39 is 5.91 Å². The zero-order chi connectivity index (χ0) is 12.4. The molecule has 0 bridgehead atoms. The lowest BCUT2D eigenvalue weighted by Crippen LogP contribution is -2.12. The van der Waals surface area contributed by atoms with Gasteiger partial charge in [-0.15, -0.1) is 0 Å². The van der Waals surface area contributed by atoms with E-state index in [0.717, 1.165) is 10.9 Å². The highest BCUT2D eigenvalue weighted by Gasteiger charge is 2.09. The number of aromatic nitrogens is 1. The SMILES string of the molecule is N#CC(=Cc1c[nH]c2cccc(Cl)c12)C(N)=O. The van der Waals surface area contributed by atoms with Gasteiger partial charge in [0.05, 0.1) is 5.02 Å². The van der Waals surface area contributed by atoms with Crippen LogP contribution in [0.4, 0.5) is 0 Å². The van der Waals surface area contributed by atoms with Crippen molar-refractivity contribution in [2.24, 2.45) is 5.73 Å². The largest absolute Gasteiger partial charge is 0.365 e. The number of primary amides is 1. The van der Waals surface area contributed by atoms with E-state index in [4.69, 9.17) is 22.6 Å². The Hall–Kier alpha value is -2.25. The van der Waals surface area contributed by atoms with Crippen molar-refractivity contribution in [2.45, 2.75) is 0 Å². The number of halogens is 1. The van der Waals surface area contributed by atoms with Crippen molar-refractivity contribution in [3.63, 3.8) is 0 Å². The first-order valence-corrected chi connectivity index (χ1v) is 5.18. The van der Waals surface area contributed by atoms with Gasteiger partial charge < -0.3 is 10.7 Å². The number of rotatable bonds is 2. The van der Waals surface area contributed by atoms with Crippen molar-refractivity contribution in [1.82, 2.24) is 4.98 Å². The van der Waals surface area contributed by atoms with Gasteiger partial charge >= 0.3 is 0 Å². The topological polar surface area (TPSA) is 82.7 Å². The van der Waals surface area contributed by atoms with Crippen LogP contribution < -0.4 is 5.73 Å². The number of nitriles is 1. The first kappa shape index (κ1) is 11.2. The van der Waals surface area contributed by atoms with Crippen molar-refractivity contribution in [3.8, 4) is 6.07 Å². The summed E-state index contributed by atoms with van der Waals surface area (Å²) in [6.07, 6.45) is 3.10. The molecule has 3 N–H and O–H groups in total. The third kappa shape index (κ3) is 2.01. The minimum absolute atomic E-state index is 0.106. The maximum absolute atomic E-state index is 11.0. The fourth-order valence-electron chi connectivity index (χ4n) is 1.59. The molecule has 0 unspecified atom stereocenters. The lowest BCUT2D eigenvalue weighted by molar-refractivity contribution is -0.114. The summed E-state index contributed by atoms with van der Waals surface area (Å²) in [4.78, 5) is 14.0. The summed E-state index contributed by atoms with van der Waals surface area (Å²) in [6.45, 7) is 0. The highest BCUT2D eigenvalue weighted by atomic mass is 35.5. The number of hydrogen-bond donors (Lipinski definition) is 2. The quantitative estimate of drug-likeness (QED) is 0.628. The molecule has 0 aliphatic heterocycles. The Labute approximate surface area is 102 Å². The average Bonchev–Trinajstić information content (AvgIpc) is 2.70. The first-order valence-electron chi connectivity index (χ1n) is 4.80. The highest BCUT2D eigenvalue weighted by molar-refractivity contribution is 6.36. The van der Waals surface area contributed by atoms with Gasteiger partial charge in [0, 0.05) is 22.7 Å². The molecule has 4 nitrogen and oxygen atoms in total. The van der Waals surface area contributed by atoms with Gasteiger partial charge in [-0.1, -0.05) is 17.7 Å². The summed E-state index contributed by atoms with van der Waals surface area (Å²) in [7, 11) is 0. The van der Waals surface area contributed by atoms with Gasteiger partial charge in [0.15, 0.2) is 0 Å². The van der Waals surface area contributed by atoms with Crippen LogP contribution in [0.5, 0.6) is 0 Å². The van der Waals surface area contributed by atoms with Crippen molar-refractivity contribution in [1.29, 1.82) is 5.26 Å². The summed E-state index contributed by atoms with van der Waals surface area (Å²) in [5, 5.41) is 10.1. The van der Waals surface area contributed by atoms with Gasteiger partial charge in [-0.2, -0.15) is 5.26 Å². The smallest absolute Gasteiger partial charge is 0.259 e. The molecule has 1 amide bonds. The number of fused-ring (bicyclic) bond motifs is 1. The molecular formula is C12H8ClN3O. The van der Waals surface area contributed by atoms with E-state index in [1.807, 2.05) is 12.1 Å². The number of carbonyl (C=O) groups excluding carboxylic acids is 1. The van der Waals surface area contributed by atoms with Gasteiger partial charge in [0.2, 0.25) is 0 Å². The predicted molar refractivity (Wildman–Crippen MR) is 66.1 cm³/mol. The molecule has 0 fully saturated rings. The number of H-pyrrole nitrogens is 1. The number of nitrogens with two attached hydrogens (primary N) is 1. The normalized spacial score (nSPS) is 11.4. The molecule has 0 radical (unpaired) electrons. The van der Waals surface area contributed by atoms with E-state index >= 15 is 0 Å². The monoisotopic (exact) mass is 245 g/mol. The van der Waals surface area contributed by atoms with E-state index in [-0.39, 0.29) is 5.57 Å². The molecule has 1 aromatic carbocycles. The fraction of sp³-hybridized carbons (Fsp3) is 0. The molecule has 2 aromatic rings. The lowest BCUT2D eigenvalue weighted by Gasteiger charge is -1.96. The molecule has 2 rings (SSSR count). The third-order valence-electron chi connectivity index (χ3n) is 2.37. The number of amides is 1. The van der Waals surface area contributed by atoms with E-state index in [9.17, 15) is 4.79 Å². The van der Waals surface area contributed by atoms with Crippen LogP contribution in [-0.2, 0) is 4.79 Å². The molecule has 1 heterocycles. The standard InChI is InChI=1S/C12H8ClN3O/c13-9-2-1-3-10-11(9)8(6-16-10)4-7(5-14)12(15)17/h1-4,6,16H,(H2,15,17). The number of nitrogens with one attached hydrogen (secondary N) is 1. The van der Waals surface area contributed by atoms with Crippen LogP contribution in [0.25, 0.3) is 17.0 Å². The molecule has 0 atom stereocenters. The molecule has 0 saturated heterocycles. The van der Waals surface area contributed by atoms with Gasteiger partial charge in [0.1, 0.15) is 11.6 Å². The van der Waals surface area contributed by atoms with E-state index in [0.29, 0.717) is 10.6 Å². The summed E-state index contributed by atoms with van der Waals surface area (Å²) in [5.41, 5.74) is 6.47.